The van der Waals surface area contributed by atoms with Crippen molar-refractivity contribution in [3.8, 4) is 0 Å². The maximum atomic E-state index is 5.81. The van der Waals surface area contributed by atoms with Crippen LogP contribution in [0.4, 0.5) is 0 Å². The lowest BCUT2D eigenvalue weighted by Gasteiger charge is -2.01. The first-order valence-electron chi connectivity index (χ1n) is 3.69. The van der Waals surface area contributed by atoms with Crippen molar-refractivity contribution in [1.82, 2.24) is 9.78 Å². The first kappa shape index (κ1) is 9.29. The van der Waals surface area contributed by atoms with Gasteiger partial charge in [-0.05, 0) is 12.5 Å². The van der Waals surface area contributed by atoms with Crippen molar-refractivity contribution >= 4 is 11.6 Å². The Bertz CT molecular complexity index is 271. The maximum absolute atomic E-state index is 5.81. The van der Waals surface area contributed by atoms with Gasteiger partial charge in [-0.3, -0.25) is 4.68 Å². The Kier molecular flexibility index (Phi) is 2.89. The second kappa shape index (κ2) is 3.74. The number of hydrogen-bond acceptors (Lipinski definition) is 2. The second-order valence-corrected chi connectivity index (χ2v) is 3.12. The predicted molar refractivity (Wildman–Crippen MR) is 50.2 cm³/mol. The lowest BCUT2D eigenvalue weighted by Crippen LogP contribution is -2.09. The van der Waals surface area contributed by atoms with Gasteiger partial charge in [0, 0.05) is 12.7 Å². The van der Waals surface area contributed by atoms with Crippen LogP contribution in [0.1, 0.15) is 5.69 Å². The molecule has 0 saturated carbocycles. The van der Waals surface area contributed by atoms with Gasteiger partial charge in [0.25, 0.3) is 0 Å². The summed E-state index contributed by atoms with van der Waals surface area (Å²) in [6.45, 7) is 6.77. The average molecular weight is 186 g/mol. The van der Waals surface area contributed by atoms with Crippen LogP contribution >= 0.6 is 11.6 Å². The van der Waals surface area contributed by atoms with Crippen LogP contribution in [0.25, 0.3) is 0 Å². The van der Waals surface area contributed by atoms with Crippen molar-refractivity contribution in [2.75, 3.05) is 6.54 Å². The van der Waals surface area contributed by atoms with E-state index in [9.17, 15) is 0 Å². The van der Waals surface area contributed by atoms with Gasteiger partial charge in [-0.25, -0.2) is 0 Å². The van der Waals surface area contributed by atoms with E-state index in [4.69, 9.17) is 17.3 Å². The molecule has 4 heteroatoms. The van der Waals surface area contributed by atoms with Gasteiger partial charge in [0.15, 0.2) is 0 Å². The van der Waals surface area contributed by atoms with E-state index in [0.29, 0.717) is 18.1 Å². The molecule has 2 N–H and O–H groups in total. The fourth-order valence-electron chi connectivity index (χ4n) is 0.868. The van der Waals surface area contributed by atoms with Crippen LogP contribution in [0.5, 0.6) is 0 Å². The molecule has 0 aliphatic carbocycles. The molecular weight excluding hydrogens is 174 g/mol. The summed E-state index contributed by atoms with van der Waals surface area (Å²) >= 11 is 5.81. The summed E-state index contributed by atoms with van der Waals surface area (Å²) in [6, 6.07) is 0. The molecule has 0 radical (unpaired) electrons. The van der Waals surface area contributed by atoms with E-state index in [2.05, 4.69) is 11.7 Å². The van der Waals surface area contributed by atoms with Crippen LogP contribution < -0.4 is 5.73 Å². The molecule has 0 fully saturated rings. The van der Waals surface area contributed by atoms with E-state index in [1.165, 1.54) is 0 Å². The molecule has 1 aromatic rings. The Morgan fingerprint density at radius 3 is 2.92 bits per heavy atom. The van der Waals surface area contributed by atoms with Crippen LogP contribution in [0, 0.1) is 6.92 Å². The van der Waals surface area contributed by atoms with Crippen molar-refractivity contribution in [3.05, 3.63) is 29.1 Å². The summed E-state index contributed by atoms with van der Waals surface area (Å²) in [4.78, 5) is 0. The molecule has 0 aromatic carbocycles. The molecule has 1 rings (SSSR count). The number of nitrogens with two attached hydrogens (primary N) is 1. The smallest absolute Gasteiger partial charge is 0.0815 e. The molecule has 0 atom stereocenters. The highest BCUT2D eigenvalue weighted by molar-refractivity contribution is 6.31. The minimum atomic E-state index is 0.483. The normalized spacial score (nSPS) is 10.2. The Labute approximate surface area is 76.8 Å². The summed E-state index contributed by atoms with van der Waals surface area (Å²) in [5.41, 5.74) is 7.16. The Morgan fingerprint density at radius 2 is 2.50 bits per heavy atom. The minimum absolute atomic E-state index is 0.483. The van der Waals surface area contributed by atoms with Gasteiger partial charge in [0.05, 0.1) is 17.3 Å². The summed E-state index contributed by atoms with van der Waals surface area (Å²) < 4.78 is 1.74. The molecule has 0 saturated heterocycles. The van der Waals surface area contributed by atoms with Crippen LogP contribution in [-0.2, 0) is 6.54 Å². The highest BCUT2D eigenvalue weighted by atomic mass is 35.5. The molecule has 1 heterocycles. The van der Waals surface area contributed by atoms with Gasteiger partial charge in [0.2, 0.25) is 0 Å². The molecule has 0 aliphatic rings. The largest absolute Gasteiger partial charge is 0.327 e. The van der Waals surface area contributed by atoms with E-state index in [1.54, 1.807) is 10.9 Å². The van der Waals surface area contributed by atoms with Crippen LogP contribution in [0.2, 0.25) is 5.02 Å². The summed E-state index contributed by atoms with van der Waals surface area (Å²) in [6.07, 6.45) is 1.78. The average Bonchev–Trinajstić information content (AvgIpc) is 2.31. The van der Waals surface area contributed by atoms with Crippen molar-refractivity contribution in [1.29, 1.82) is 0 Å². The van der Waals surface area contributed by atoms with E-state index in [1.807, 2.05) is 6.92 Å². The maximum Gasteiger partial charge on any atom is 0.0815 e. The Morgan fingerprint density at radius 1 is 1.83 bits per heavy atom. The fourth-order valence-corrected chi connectivity index (χ4v) is 1.02. The van der Waals surface area contributed by atoms with Crippen LogP contribution in [0.15, 0.2) is 18.3 Å². The molecule has 0 unspecified atom stereocenters. The fraction of sp³-hybridized carbons (Fsp3) is 0.375. The van der Waals surface area contributed by atoms with Gasteiger partial charge in [-0.2, -0.15) is 5.10 Å². The molecule has 1 aromatic heterocycles. The van der Waals surface area contributed by atoms with E-state index in [-0.39, 0.29) is 0 Å². The van der Waals surface area contributed by atoms with E-state index < -0.39 is 0 Å². The highest BCUT2D eigenvalue weighted by Crippen LogP contribution is 2.12. The molecule has 0 spiro atoms. The van der Waals surface area contributed by atoms with E-state index in [0.717, 1.165) is 11.3 Å². The quantitative estimate of drug-likeness (QED) is 0.723. The SMILES string of the molecule is C=C(CN)Cn1cc(Cl)c(C)n1. The zero-order valence-corrected chi connectivity index (χ0v) is 7.80. The monoisotopic (exact) mass is 185 g/mol. The minimum Gasteiger partial charge on any atom is -0.327 e. The Balaban J connectivity index is 2.70. The van der Waals surface area contributed by atoms with Gasteiger partial charge in [-0.1, -0.05) is 18.2 Å². The molecule has 3 nitrogen and oxygen atoms in total. The van der Waals surface area contributed by atoms with Crippen LogP contribution in [0.3, 0.4) is 0 Å². The van der Waals surface area contributed by atoms with Gasteiger partial charge >= 0.3 is 0 Å². The zero-order chi connectivity index (χ0) is 9.14. The number of hydrogen-bond donors (Lipinski definition) is 1. The third-order valence-corrected chi connectivity index (χ3v) is 1.93. The van der Waals surface area contributed by atoms with Crippen LogP contribution in [-0.4, -0.2) is 16.3 Å². The predicted octanol–water partition coefficient (Wildman–Crippen LogP) is 1.36. The standard InChI is InChI=1S/C8H12ClN3/c1-6(3-10)4-12-5-8(9)7(2)11-12/h5H,1,3-4,10H2,2H3. The van der Waals surface area contributed by atoms with Gasteiger partial charge in [-0.15, -0.1) is 0 Å². The zero-order valence-electron chi connectivity index (χ0n) is 7.05. The van der Waals surface area contributed by atoms with Crippen molar-refractivity contribution in [2.24, 2.45) is 5.73 Å². The molecule has 0 aliphatic heterocycles. The third-order valence-electron chi connectivity index (χ3n) is 1.56. The number of aromatic nitrogens is 2. The lowest BCUT2D eigenvalue weighted by atomic mass is 10.3. The number of rotatable bonds is 3. The van der Waals surface area contributed by atoms with Gasteiger partial charge in [0.1, 0.15) is 0 Å². The van der Waals surface area contributed by atoms with Crippen molar-refractivity contribution < 1.29 is 0 Å². The second-order valence-electron chi connectivity index (χ2n) is 2.71. The number of halogens is 1. The molecular formula is C8H12ClN3. The van der Waals surface area contributed by atoms with Crippen molar-refractivity contribution in [2.45, 2.75) is 13.5 Å². The highest BCUT2D eigenvalue weighted by Gasteiger charge is 2.01. The molecule has 66 valence electrons. The summed E-state index contributed by atoms with van der Waals surface area (Å²) in [7, 11) is 0. The summed E-state index contributed by atoms with van der Waals surface area (Å²) in [5, 5.41) is 4.85. The van der Waals surface area contributed by atoms with Crippen molar-refractivity contribution in [3.63, 3.8) is 0 Å². The number of nitrogens with zero attached hydrogens (tertiary/aromatic N) is 2. The Hall–Kier alpha value is -0.800. The first-order chi connectivity index (χ1) is 5.63. The lowest BCUT2D eigenvalue weighted by molar-refractivity contribution is 0.664. The number of aryl methyl sites for hydroxylation is 1. The molecule has 0 bridgehead atoms. The molecule has 0 amide bonds. The topological polar surface area (TPSA) is 43.8 Å². The van der Waals surface area contributed by atoms with Gasteiger partial charge < -0.3 is 5.73 Å². The van der Waals surface area contributed by atoms with E-state index >= 15 is 0 Å². The summed E-state index contributed by atoms with van der Waals surface area (Å²) in [5.74, 6) is 0. The third kappa shape index (κ3) is 2.09. The molecule has 12 heavy (non-hydrogen) atoms. The first-order valence-corrected chi connectivity index (χ1v) is 4.07.